The second-order valence-corrected chi connectivity index (χ2v) is 11.2. The highest BCUT2D eigenvalue weighted by Crippen LogP contribution is 2.45. The fourth-order valence-corrected chi connectivity index (χ4v) is 6.83. The van der Waals surface area contributed by atoms with Crippen molar-refractivity contribution in [2.45, 2.75) is 64.2 Å². The van der Waals surface area contributed by atoms with E-state index in [-0.39, 0.29) is 22.8 Å². The maximum absolute atomic E-state index is 15.3. The third kappa shape index (κ3) is 5.64. The van der Waals surface area contributed by atoms with Crippen LogP contribution in [0.2, 0.25) is 0 Å². The van der Waals surface area contributed by atoms with Gasteiger partial charge in [0.2, 0.25) is 5.82 Å². The number of halogens is 4. The third-order valence-electron chi connectivity index (χ3n) is 9.05. The Balaban J connectivity index is 1.26. The van der Waals surface area contributed by atoms with Crippen LogP contribution in [-0.4, -0.2) is 7.11 Å². The third-order valence-corrected chi connectivity index (χ3v) is 9.05. The van der Waals surface area contributed by atoms with Crippen LogP contribution in [0, 0.1) is 41.0 Å². The van der Waals surface area contributed by atoms with Crippen molar-refractivity contribution < 1.29 is 22.3 Å². The Kier molecular flexibility index (Phi) is 8.44. The highest BCUT2D eigenvalue weighted by Gasteiger charge is 2.32. The van der Waals surface area contributed by atoms with Crippen LogP contribution in [0.15, 0.2) is 60.7 Å². The first kappa shape index (κ1) is 27.5. The molecule has 0 radical (unpaired) electrons. The molecule has 2 aliphatic carbocycles. The minimum Gasteiger partial charge on any atom is -0.494 e. The van der Waals surface area contributed by atoms with Gasteiger partial charge in [-0.15, -0.1) is 0 Å². The SMILES string of the molecule is CC=CC1CCC(C2CCC(c3ccc(-c4ccc(-c5ccc(OC)c(F)c5F)cc4)c(F)c3F)CC2)CC1. The number of benzene rings is 3. The smallest absolute Gasteiger partial charge is 0.201 e. The van der Waals surface area contributed by atoms with Crippen molar-refractivity contribution in [2.75, 3.05) is 7.11 Å². The van der Waals surface area contributed by atoms with Gasteiger partial charge in [-0.05, 0) is 111 Å². The molecule has 5 heteroatoms. The summed E-state index contributed by atoms with van der Waals surface area (Å²) in [6.07, 6.45) is 13.5. The largest absolute Gasteiger partial charge is 0.494 e. The van der Waals surface area contributed by atoms with E-state index >= 15 is 8.78 Å². The molecule has 0 unspecified atom stereocenters. The lowest BCUT2D eigenvalue weighted by Gasteiger charge is -2.37. The molecular weight excluding hydrogens is 500 g/mol. The standard InChI is InChI=1S/C34H36F4O/c1-3-4-21-5-7-22(8-6-21)23-9-11-24(12-10-23)27-17-18-28(32(36)31(27)35)25-13-15-26(16-14-25)29-19-20-30(39-2)34(38)33(29)37/h3-4,13-24H,5-12H2,1-2H3. The van der Waals surface area contributed by atoms with Crippen LogP contribution in [0.25, 0.3) is 22.3 Å². The number of hydrogen-bond acceptors (Lipinski definition) is 1. The quantitative estimate of drug-likeness (QED) is 0.225. The first-order valence-electron chi connectivity index (χ1n) is 14.1. The molecule has 0 spiro atoms. The summed E-state index contributed by atoms with van der Waals surface area (Å²) in [5.41, 5.74) is 1.62. The lowest BCUT2D eigenvalue weighted by molar-refractivity contribution is 0.170. The fraction of sp³-hybridized carbons (Fsp3) is 0.412. The summed E-state index contributed by atoms with van der Waals surface area (Å²) in [7, 11) is 1.27. The van der Waals surface area contributed by atoms with Crippen molar-refractivity contribution in [3.05, 3.63) is 89.5 Å². The number of hydrogen-bond donors (Lipinski definition) is 0. The summed E-state index contributed by atoms with van der Waals surface area (Å²) in [5.74, 6) is -1.65. The van der Waals surface area contributed by atoms with Crippen LogP contribution in [-0.2, 0) is 0 Å². The molecule has 3 aromatic rings. The van der Waals surface area contributed by atoms with E-state index < -0.39 is 23.3 Å². The minimum absolute atomic E-state index is 0.0412. The zero-order chi connectivity index (χ0) is 27.5. The molecule has 0 aliphatic heterocycles. The molecule has 3 aromatic carbocycles. The van der Waals surface area contributed by atoms with Gasteiger partial charge in [-0.2, -0.15) is 4.39 Å². The topological polar surface area (TPSA) is 9.23 Å². The van der Waals surface area contributed by atoms with Crippen LogP contribution in [0.1, 0.15) is 69.8 Å². The van der Waals surface area contributed by atoms with Gasteiger partial charge in [0.25, 0.3) is 0 Å². The van der Waals surface area contributed by atoms with Gasteiger partial charge in [0.15, 0.2) is 23.2 Å². The van der Waals surface area contributed by atoms with Gasteiger partial charge in [0.05, 0.1) is 7.11 Å². The molecule has 206 valence electrons. The first-order chi connectivity index (χ1) is 18.9. The zero-order valence-corrected chi connectivity index (χ0v) is 22.7. The van der Waals surface area contributed by atoms with Crippen LogP contribution < -0.4 is 4.74 Å². The van der Waals surface area contributed by atoms with Crippen molar-refractivity contribution in [2.24, 2.45) is 17.8 Å². The maximum Gasteiger partial charge on any atom is 0.201 e. The lowest BCUT2D eigenvalue weighted by atomic mass is 9.68. The summed E-state index contributed by atoms with van der Waals surface area (Å²) in [5, 5.41) is 0. The molecular formula is C34H36F4O. The fourth-order valence-electron chi connectivity index (χ4n) is 6.83. The Hall–Kier alpha value is -3.08. The van der Waals surface area contributed by atoms with E-state index in [9.17, 15) is 8.78 Å². The molecule has 0 N–H and O–H groups in total. The van der Waals surface area contributed by atoms with E-state index in [1.807, 2.05) is 0 Å². The van der Waals surface area contributed by atoms with Crippen molar-refractivity contribution >= 4 is 0 Å². The molecule has 2 aliphatic rings. The molecule has 2 saturated carbocycles. The molecule has 2 fully saturated rings. The van der Waals surface area contributed by atoms with E-state index in [1.165, 1.54) is 44.9 Å². The van der Waals surface area contributed by atoms with E-state index in [0.29, 0.717) is 22.6 Å². The van der Waals surface area contributed by atoms with Gasteiger partial charge < -0.3 is 4.74 Å². The summed E-state index contributed by atoms with van der Waals surface area (Å²) in [6, 6.07) is 12.5. The monoisotopic (exact) mass is 536 g/mol. The Morgan fingerprint density at radius 3 is 1.67 bits per heavy atom. The Bertz CT molecular complexity index is 1310. The van der Waals surface area contributed by atoms with Gasteiger partial charge in [-0.3, -0.25) is 0 Å². The Morgan fingerprint density at radius 2 is 1.13 bits per heavy atom. The molecule has 0 heterocycles. The van der Waals surface area contributed by atoms with E-state index in [0.717, 1.165) is 37.5 Å². The van der Waals surface area contributed by atoms with Crippen molar-refractivity contribution in [3.8, 4) is 28.0 Å². The van der Waals surface area contributed by atoms with Crippen molar-refractivity contribution in [1.29, 1.82) is 0 Å². The van der Waals surface area contributed by atoms with Crippen LogP contribution in [0.4, 0.5) is 17.6 Å². The van der Waals surface area contributed by atoms with Crippen molar-refractivity contribution in [3.63, 3.8) is 0 Å². The average Bonchev–Trinajstić information content (AvgIpc) is 2.97. The van der Waals surface area contributed by atoms with Crippen molar-refractivity contribution in [1.82, 2.24) is 0 Å². The predicted octanol–water partition coefficient (Wildman–Crippen LogP) is 10.2. The van der Waals surface area contributed by atoms with Gasteiger partial charge in [0, 0.05) is 11.1 Å². The summed E-state index contributed by atoms with van der Waals surface area (Å²) in [4.78, 5) is 0. The second-order valence-electron chi connectivity index (χ2n) is 11.2. The average molecular weight is 537 g/mol. The van der Waals surface area contributed by atoms with Crippen LogP contribution in [0.3, 0.4) is 0 Å². The molecule has 0 amide bonds. The molecule has 0 aromatic heterocycles. The molecule has 5 rings (SSSR count). The predicted molar refractivity (Wildman–Crippen MR) is 149 cm³/mol. The Labute approximate surface area is 228 Å². The van der Waals surface area contributed by atoms with E-state index in [1.54, 1.807) is 36.4 Å². The normalized spacial score (nSPS) is 23.7. The van der Waals surface area contributed by atoms with Gasteiger partial charge in [0.1, 0.15) is 0 Å². The molecule has 0 saturated heterocycles. The van der Waals surface area contributed by atoms with E-state index in [2.05, 4.69) is 19.1 Å². The van der Waals surface area contributed by atoms with E-state index in [4.69, 9.17) is 4.74 Å². The molecule has 1 nitrogen and oxygen atoms in total. The number of allylic oxidation sites excluding steroid dienone is 2. The van der Waals surface area contributed by atoms with Gasteiger partial charge in [-0.25, -0.2) is 13.2 Å². The Morgan fingerprint density at radius 1 is 0.615 bits per heavy atom. The highest BCUT2D eigenvalue weighted by atomic mass is 19.2. The minimum atomic E-state index is -1.06. The molecule has 0 atom stereocenters. The van der Waals surface area contributed by atoms with Gasteiger partial charge in [-0.1, -0.05) is 48.6 Å². The number of ether oxygens (including phenoxy) is 1. The summed E-state index contributed by atoms with van der Waals surface area (Å²) in [6.45, 7) is 2.09. The summed E-state index contributed by atoms with van der Waals surface area (Å²) >= 11 is 0. The van der Waals surface area contributed by atoms with Crippen LogP contribution >= 0.6 is 0 Å². The highest BCUT2D eigenvalue weighted by molar-refractivity contribution is 5.72. The van der Waals surface area contributed by atoms with Crippen LogP contribution in [0.5, 0.6) is 5.75 Å². The van der Waals surface area contributed by atoms with Gasteiger partial charge >= 0.3 is 0 Å². The maximum atomic E-state index is 15.3. The second kappa shape index (κ2) is 12.0. The lowest BCUT2D eigenvalue weighted by Crippen LogP contribution is -2.25. The molecule has 39 heavy (non-hydrogen) atoms. The number of rotatable bonds is 6. The molecule has 0 bridgehead atoms. The number of methoxy groups -OCH3 is 1. The summed E-state index contributed by atoms with van der Waals surface area (Å²) < 4.78 is 64.1. The zero-order valence-electron chi connectivity index (χ0n) is 22.7. The first-order valence-corrected chi connectivity index (χ1v) is 14.1.